The van der Waals surface area contributed by atoms with Crippen molar-refractivity contribution in [1.82, 2.24) is 10.6 Å². The average molecular weight is 140 g/mol. The first-order valence-corrected chi connectivity index (χ1v) is 3.82. The maximum absolute atomic E-state index is 10.9. The first kappa shape index (κ1) is 6.31. The summed E-state index contributed by atoms with van der Waals surface area (Å²) in [5.41, 5.74) is 0. The highest BCUT2D eigenvalue weighted by atomic mass is 16.1. The fraction of sp³-hybridized carbons (Fsp3) is 0.857. The number of hydrogen-bond donors (Lipinski definition) is 2. The van der Waals surface area contributed by atoms with Crippen LogP contribution in [0.25, 0.3) is 0 Å². The molecular formula is C7H12N2O. The molecule has 0 aromatic carbocycles. The van der Waals surface area contributed by atoms with Crippen LogP contribution < -0.4 is 10.6 Å². The van der Waals surface area contributed by atoms with E-state index in [1.165, 1.54) is 0 Å². The van der Waals surface area contributed by atoms with E-state index in [0.29, 0.717) is 24.3 Å². The lowest BCUT2D eigenvalue weighted by Gasteiger charge is -2.24. The zero-order chi connectivity index (χ0) is 6.97. The van der Waals surface area contributed by atoms with E-state index < -0.39 is 0 Å². The van der Waals surface area contributed by atoms with Gasteiger partial charge in [0.25, 0.3) is 0 Å². The van der Waals surface area contributed by atoms with Crippen molar-refractivity contribution in [2.24, 2.45) is 5.92 Å². The maximum atomic E-state index is 10.9. The highest BCUT2D eigenvalue weighted by Gasteiger charge is 2.32. The number of carbonyl (C=O) groups excluding carboxylic acids is 1. The molecular weight excluding hydrogens is 128 g/mol. The number of rotatable bonds is 0. The maximum Gasteiger partial charge on any atom is 0.147 e. The summed E-state index contributed by atoms with van der Waals surface area (Å²) in [6, 6.07) is 0.567. The third kappa shape index (κ3) is 0.954. The molecule has 0 spiro atoms. The number of ketones is 1. The van der Waals surface area contributed by atoms with Crippen molar-refractivity contribution in [1.29, 1.82) is 0 Å². The molecule has 2 aliphatic rings. The Labute approximate surface area is 60.2 Å². The number of carbonyl (C=O) groups is 1. The van der Waals surface area contributed by atoms with Crippen LogP contribution in [-0.2, 0) is 4.79 Å². The van der Waals surface area contributed by atoms with Crippen LogP contribution in [0, 0.1) is 5.92 Å². The van der Waals surface area contributed by atoms with Gasteiger partial charge in [0.2, 0.25) is 0 Å². The Balaban J connectivity index is 2.03. The van der Waals surface area contributed by atoms with Crippen molar-refractivity contribution in [3.8, 4) is 0 Å². The molecule has 2 aliphatic heterocycles. The topological polar surface area (TPSA) is 41.1 Å². The van der Waals surface area contributed by atoms with E-state index in [0.717, 1.165) is 19.5 Å². The fourth-order valence-electron chi connectivity index (χ4n) is 1.80. The van der Waals surface area contributed by atoms with Gasteiger partial charge in [-0.05, 0) is 12.5 Å². The number of hydrogen-bond acceptors (Lipinski definition) is 3. The van der Waals surface area contributed by atoms with Crippen LogP contribution in [0.1, 0.15) is 6.42 Å². The molecule has 0 saturated carbocycles. The summed E-state index contributed by atoms with van der Waals surface area (Å²) in [7, 11) is 0. The molecule has 3 heteroatoms. The SMILES string of the molecule is O=C1CNC2CNCC2C1. The quantitative estimate of drug-likeness (QED) is 0.460. The summed E-state index contributed by atoms with van der Waals surface area (Å²) in [6.45, 7) is 2.64. The van der Waals surface area contributed by atoms with Gasteiger partial charge in [-0.15, -0.1) is 0 Å². The molecule has 2 rings (SSSR count). The molecule has 0 amide bonds. The minimum Gasteiger partial charge on any atom is -0.315 e. The van der Waals surface area contributed by atoms with Crippen LogP contribution in [0.3, 0.4) is 0 Å². The second-order valence-electron chi connectivity index (χ2n) is 3.15. The van der Waals surface area contributed by atoms with Gasteiger partial charge in [-0.3, -0.25) is 4.79 Å². The molecule has 2 atom stereocenters. The van der Waals surface area contributed by atoms with Crippen LogP contribution in [0.4, 0.5) is 0 Å². The van der Waals surface area contributed by atoms with Crippen LogP contribution >= 0.6 is 0 Å². The van der Waals surface area contributed by atoms with Gasteiger partial charge in [-0.2, -0.15) is 0 Å². The van der Waals surface area contributed by atoms with E-state index in [1.54, 1.807) is 0 Å². The fourth-order valence-corrected chi connectivity index (χ4v) is 1.80. The van der Waals surface area contributed by atoms with E-state index in [2.05, 4.69) is 10.6 Å². The molecule has 2 N–H and O–H groups in total. The largest absolute Gasteiger partial charge is 0.315 e. The van der Waals surface area contributed by atoms with Gasteiger partial charge in [0.1, 0.15) is 5.78 Å². The van der Waals surface area contributed by atoms with Crippen LogP contribution in [-0.4, -0.2) is 31.5 Å². The summed E-state index contributed by atoms with van der Waals surface area (Å²) in [6.07, 6.45) is 0.782. The minimum atomic E-state index is 0.366. The van der Waals surface area contributed by atoms with Gasteiger partial charge < -0.3 is 10.6 Å². The van der Waals surface area contributed by atoms with E-state index in [4.69, 9.17) is 0 Å². The van der Waals surface area contributed by atoms with Gasteiger partial charge in [0.05, 0.1) is 6.54 Å². The summed E-state index contributed by atoms with van der Waals surface area (Å²) < 4.78 is 0. The van der Waals surface area contributed by atoms with Crippen molar-refractivity contribution in [2.45, 2.75) is 12.5 Å². The first-order chi connectivity index (χ1) is 4.86. The highest BCUT2D eigenvalue weighted by Crippen LogP contribution is 2.16. The number of nitrogens with one attached hydrogen (secondary N) is 2. The molecule has 0 bridgehead atoms. The Bertz CT molecular complexity index is 158. The predicted molar refractivity (Wildman–Crippen MR) is 37.8 cm³/mol. The molecule has 0 aromatic rings. The molecule has 0 aromatic heterocycles. The molecule has 3 nitrogen and oxygen atoms in total. The lowest BCUT2D eigenvalue weighted by molar-refractivity contribution is -0.120. The Kier molecular flexibility index (Phi) is 1.47. The minimum absolute atomic E-state index is 0.366. The Hall–Kier alpha value is -0.410. The average Bonchev–Trinajstić information content (AvgIpc) is 2.33. The molecule has 2 fully saturated rings. The molecule has 0 radical (unpaired) electrons. The van der Waals surface area contributed by atoms with Gasteiger partial charge in [-0.1, -0.05) is 0 Å². The van der Waals surface area contributed by atoms with Crippen LogP contribution in [0.5, 0.6) is 0 Å². The third-order valence-corrected chi connectivity index (χ3v) is 2.39. The Morgan fingerprint density at radius 3 is 3.20 bits per heavy atom. The second kappa shape index (κ2) is 2.32. The Morgan fingerprint density at radius 2 is 2.30 bits per heavy atom. The predicted octanol–water partition coefficient (Wildman–Crippen LogP) is -0.863. The smallest absolute Gasteiger partial charge is 0.147 e. The zero-order valence-corrected chi connectivity index (χ0v) is 5.89. The summed E-state index contributed by atoms with van der Waals surface area (Å²) in [5, 5.41) is 6.49. The Morgan fingerprint density at radius 1 is 1.40 bits per heavy atom. The molecule has 2 saturated heterocycles. The van der Waals surface area contributed by atoms with Crippen molar-refractivity contribution < 1.29 is 4.79 Å². The number of fused-ring (bicyclic) bond motifs is 1. The van der Waals surface area contributed by atoms with E-state index in [-0.39, 0.29) is 0 Å². The molecule has 56 valence electrons. The van der Waals surface area contributed by atoms with E-state index in [1.807, 2.05) is 0 Å². The zero-order valence-electron chi connectivity index (χ0n) is 5.89. The molecule has 10 heavy (non-hydrogen) atoms. The lowest BCUT2D eigenvalue weighted by Crippen LogP contribution is -2.45. The summed E-state index contributed by atoms with van der Waals surface area (Å²) >= 11 is 0. The second-order valence-corrected chi connectivity index (χ2v) is 3.15. The van der Waals surface area contributed by atoms with Gasteiger partial charge in [0, 0.05) is 19.0 Å². The summed E-state index contributed by atoms with van der Waals surface area (Å²) in [4.78, 5) is 10.9. The van der Waals surface area contributed by atoms with Crippen molar-refractivity contribution in [3.63, 3.8) is 0 Å². The van der Waals surface area contributed by atoms with Crippen LogP contribution in [0.2, 0.25) is 0 Å². The van der Waals surface area contributed by atoms with Crippen LogP contribution in [0.15, 0.2) is 0 Å². The van der Waals surface area contributed by atoms with Gasteiger partial charge in [0.15, 0.2) is 0 Å². The van der Waals surface area contributed by atoms with Gasteiger partial charge in [-0.25, -0.2) is 0 Å². The normalized spacial score (nSPS) is 39.8. The van der Waals surface area contributed by atoms with E-state index >= 15 is 0 Å². The van der Waals surface area contributed by atoms with Crippen molar-refractivity contribution >= 4 is 5.78 Å². The third-order valence-electron chi connectivity index (χ3n) is 2.39. The molecule has 2 unspecified atom stereocenters. The summed E-state index contributed by atoms with van der Waals surface area (Å²) in [5.74, 6) is 0.936. The van der Waals surface area contributed by atoms with E-state index in [9.17, 15) is 4.79 Å². The highest BCUT2D eigenvalue weighted by molar-refractivity contribution is 5.81. The molecule has 2 heterocycles. The lowest BCUT2D eigenvalue weighted by atomic mass is 9.93. The van der Waals surface area contributed by atoms with Gasteiger partial charge >= 0.3 is 0 Å². The van der Waals surface area contributed by atoms with Crippen molar-refractivity contribution in [3.05, 3.63) is 0 Å². The standard InChI is InChI=1S/C7H12N2O/c10-6-1-5-2-8-4-7(5)9-3-6/h5,7-9H,1-4H2. The molecule has 0 aliphatic carbocycles. The first-order valence-electron chi connectivity index (χ1n) is 3.82. The van der Waals surface area contributed by atoms with Crippen molar-refractivity contribution in [2.75, 3.05) is 19.6 Å². The number of piperidine rings is 1. The number of Topliss-reactive ketones (excluding diaryl/α,β-unsaturated/α-hetero) is 1. The monoisotopic (exact) mass is 140 g/mol.